The molecule has 5 nitrogen and oxygen atoms in total. The van der Waals surface area contributed by atoms with E-state index in [1.807, 2.05) is 0 Å². The van der Waals surface area contributed by atoms with Crippen molar-refractivity contribution in [2.24, 2.45) is 0 Å². The van der Waals surface area contributed by atoms with Gasteiger partial charge in [0, 0.05) is 17.7 Å². The van der Waals surface area contributed by atoms with Crippen molar-refractivity contribution in [1.29, 1.82) is 0 Å². The predicted molar refractivity (Wildman–Crippen MR) is 83.8 cm³/mol. The summed E-state index contributed by atoms with van der Waals surface area (Å²) in [6.45, 7) is -2.67. The fourth-order valence-electron chi connectivity index (χ4n) is 2.16. The van der Waals surface area contributed by atoms with Crippen LogP contribution in [0.25, 0.3) is 0 Å². The third-order valence-electron chi connectivity index (χ3n) is 3.27. The third-order valence-corrected chi connectivity index (χ3v) is 3.27. The number of rotatable bonds is 7. The van der Waals surface area contributed by atoms with Crippen molar-refractivity contribution in [3.8, 4) is 17.2 Å². The average Bonchev–Trinajstić information content (AvgIpc) is 2.59. The summed E-state index contributed by atoms with van der Waals surface area (Å²) in [4.78, 5) is 12.1. The van der Waals surface area contributed by atoms with Gasteiger partial charge in [-0.15, -0.1) is 0 Å². The number of nitrogens with one attached hydrogen (secondary N) is 1. The van der Waals surface area contributed by atoms with Crippen molar-refractivity contribution < 1.29 is 27.8 Å². The number of halogens is 2. The average molecular weight is 337 g/mol. The lowest BCUT2D eigenvalue weighted by Gasteiger charge is -2.13. The second-order valence-electron chi connectivity index (χ2n) is 4.74. The molecule has 2 aromatic carbocycles. The fraction of sp³-hybridized carbons (Fsp3) is 0.235. The molecule has 0 heterocycles. The number of hydrogen-bond donors (Lipinski definition) is 1. The van der Waals surface area contributed by atoms with Crippen molar-refractivity contribution in [2.75, 3.05) is 14.2 Å². The summed E-state index contributed by atoms with van der Waals surface area (Å²) in [6, 6.07) is 10.8. The molecule has 0 saturated heterocycles. The Labute approximate surface area is 138 Å². The van der Waals surface area contributed by atoms with Crippen LogP contribution in [0.15, 0.2) is 42.5 Å². The van der Waals surface area contributed by atoms with Crippen molar-refractivity contribution >= 4 is 5.91 Å². The smallest absolute Gasteiger partial charge is 0.387 e. The first-order valence-corrected chi connectivity index (χ1v) is 7.08. The van der Waals surface area contributed by atoms with E-state index in [9.17, 15) is 13.6 Å². The molecule has 0 radical (unpaired) electrons. The summed E-state index contributed by atoms with van der Waals surface area (Å²) in [5, 5.41) is 2.74. The maximum Gasteiger partial charge on any atom is 0.387 e. The number of hydrogen-bond acceptors (Lipinski definition) is 4. The summed E-state index contributed by atoms with van der Waals surface area (Å²) in [5.41, 5.74) is 1.08. The molecule has 0 aliphatic rings. The van der Waals surface area contributed by atoms with Gasteiger partial charge in [0.1, 0.15) is 5.75 Å². The van der Waals surface area contributed by atoms with E-state index in [2.05, 4.69) is 10.1 Å². The number of methoxy groups -OCH3 is 2. The summed E-state index contributed by atoms with van der Waals surface area (Å²) >= 11 is 0. The van der Waals surface area contributed by atoms with Crippen molar-refractivity contribution in [3.05, 3.63) is 53.6 Å². The molecule has 0 atom stereocenters. The molecule has 0 aromatic heterocycles. The second-order valence-corrected chi connectivity index (χ2v) is 4.74. The van der Waals surface area contributed by atoms with Crippen LogP contribution < -0.4 is 19.5 Å². The summed E-state index contributed by atoms with van der Waals surface area (Å²) < 4.78 is 38.9. The molecular formula is C17H17F2NO4. The van der Waals surface area contributed by atoms with Crippen LogP contribution in [0, 0.1) is 0 Å². The molecule has 2 aromatic rings. The van der Waals surface area contributed by atoms with Crippen LogP contribution in [0.2, 0.25) is 0 Å². The highest BCUT2D eigenvalue weighted by molar-refractivity contribution is 5.94. The van der Waals surface area contributed by atoms with Crippen molar-refractivity contribution in [1.82, 2.24) is 5.32 Å². The van der Waals surface area contributed by atoms with E-state index < -0.39 is 6.61 Å². The molecule has 0 aliphatic heterocycles. The van der Waals surface area contributed by atoms with E-state index in [1.54, 1.807) is 18.2 Å². The van der Waals surface area contributed by atoms with Gasteiger partial charge in [-0.3, -0.25) is 4.79 Å². The summed E-state index contributed by atoms with van der Waals surface area (Å²) in [6.07, 6.45) is 0. The van der Waals surface area contributed by atoms with Crippen LogP contribution in [0.5, 0.6) is 17.2 Å². The van der Waals surface area contributed by atoms with E-state index in [-0.39, 0.29) is 18.2 Å². The Morgan fingerprint density at radius 2 is 1.79 bits per heavy atom. The van der Waals surface area contributed by atoms with E-state index in [4.69, 9.17) is 9.47 Å². The van der Waals surface area contributed by atoms with E-state index in [1.165, 1.54) is 38.5 Å². The number of benzene rings is 2. The number of carbonyl (C=O) groups excluding carboxylic acids is 1. The monoisotopic (exact) mass is 337 g/mol. The van der Waals surface area contributed by atoms with Gasteiger partial charge < -0.3 is 19.5 Å². The normalized spacial score (nSPS) is 10.4. The highest BCUT2D eigenvalue weighted by Crippen LogP contribution is 2.30. The minimum Gasteiger partial charge on any atom is -0.493 e. The van der Waals surface area contributed by atoms with Crippen LogP contribution in [0.3, 0.4) is 0 Å². The Balaban J connectivity index is 2.03. The lowest BCUT2D eigenvalue weighted by Crippen LogP contribution is -2.23. The van der Waals surface area contributed by atoms with E-state index in [0.717, 1.165) is 5.56 Å². The Bertz CT molecular complexity index is 689. The van der Waals surface area contributed by atoms with Gasteiger partial charge in [-0.25, -0.2) is 0 Å². The first-order chi connectivity index (χ1) is 11.5. The van der Waals surface area contributed by atoms with Crippen LogP contribution in [-0.4, -0.2) is 26.7 Å². The van der Waals surface area contributed by atoms with Gasteiger partial charge >= 0.3 is 6.61 Å². The Hall–Kier alpha value is -2.83. The lowest BCUT2D eigenvalue weighted by molar-refractivity contribution is -0.0498. The fourth-order valence-corrected chi connectivity index (χ4v) is 2.16. The molecular weight excluding hydrogens is 320 g/mol. The number of carbonyl (C=O) groups is 1. The van der Waals surface area contributed by atoms with Gasteiger partial charge in [-0.1, -0.05) is 12.1 Å². The zero-order valence-electron chi connectivity index (χ0n) is 13.2. The molecule has 128 valence electrons. The van der Waals surface area contributed by atoms with Crippen LogP contribution >= 0.6 is 0 Å². The first-order valence-electron chi connectivity index (χ1n) is 7.08. The molecule has 0 saturated carbocycles. The Kier molecular flexibility index (Phi) is 5.95. The van der Waals surface area contributed by atoms with Gasteiger partial charge in [0.25, 0.3) is 5.91 Å². The molecule has 0 bridgehead atoms. The molecule has 24 heavy (non-hydrogen) atoms. The van der Waals surface area contributed by atoms with Gasteiger partial charge in [0.2, 0.25) is 0 Å². The Morgan fingerprint density at radius 3 is 2.38 bits per heavy atom. The topological polar surface area (TPSA) is 56.8 Å². The van der Waals surface area contributed by atoms with Gasteiger partial charge in [-0.05, 0) is 30.3 Å². The minimum atomic E-state index is -2.90. The quantitative estimate of drug-likeness (QED) is 0.843. The standard InChI is InChI=1S/C17H17F2NO4/c1-22-14-5-3-4-12(15(14)23-2)10-20-16(21)11-6-8-13(9-7-11)24-17(18)19/h3-9,17H,10H2,1-2H3,(H,20,21). The van der Waals surface area contributed by atoms with Crippen LogP contribution in [-0.2, 0) is 6.54 Å². The molecule has 1 amide bonds. The van der Waals surface area contributed by atoms with Crippen LogP contribution in [0.4, 0.5) is 8.78 Å². The first kappa shape index (κ1) is 17.5. The molecule has 1 N–H and O–H groups in total. The third kappa shape index (κ3) is 4.34. The summed E-state index contributed by atoms with van der Waals surface area (Å²) in [7, 11) is 3.05. The zero-order chi connectivity index (χ0) is 17.5. The molecule has 7 heteroatoms. The van der Waals surface area contributed by atoms with Gasteiger partial charge in [0.05, 0.1) is 14.2 Å². The zero-order valence-corrected chi connectivity index (χ0v) is 13.2. The number of ether oxygens (including phenoxy) is 3. The highest BCUT2D eigenvalue weighted by atomic mass is 19.3. The summed E-state index contributed by atoms with van der Waals surface area (Å²) in [5.74, 6) is 0.762. The highest BCUT2D eigenvalue weighted by Gasteiger charge is 2.12. The maximum absolute atomic E-state index is 12.1. The molecule has 0 aliphatic carbocycles. The second kappa shape index (κ2) is 8.14. The van der Waals surface area contributed by atoms with Crippen molar-refractivity contribution in [2.45, 2.75) is 13.2 Å². The molecule has 0 unspecified atom stereocenters. The SMILES string of the molecule is COc1cccc(CNC(=O)c2ccc(OC(F)F)cc2)c1OC. The van der Waals surface area contributed by atoms with E-state index >= 15 is 0 Å². The van der Waals surface area contributed by atoms with Crippen molar-refractivity contribution in [3.63, 3.8) is 0 Å². The minimum absolute atomic E-state index is 0.00369. The largest absolute Gasteiger partial charge is 0.493 e. The molecule has 0 fully saturated rings. The number of alkyl halides is 2. The van der Waals surface area contributed by atoms with Crippen LogP contribution in [0.1, 0.15) is 15.9 Å². The van der Waals surface area contributed by atoms with E-state index in [0.29, 0.717) is 17.1 Å². The maximum atomic E-state index is 12.1. The molecule has 0 spiro atoms. The van der Waals surface area contributed by atoms with Gasteiger partial charge in [-0.2, -0.15) is 8.78 Å². The number of amides is 1. The Morgan fingerprint density at radius 1 is 1.08 bits per heavy atom. The van der Waals surface area contributed by atoms with Gasteiger partial charge in [0.15, 0.2) is 11.5 Å². The molecule has 2 rings (SSSR count). The predicted octanol–water partition coefficient (Wildman–Crippen LogP) is 3.24. The number of para-hydroxylation sites is 1. The lowest BCUT2D eigenvalue weighted by atomic mass is 10.1.